The Morgan fingerprint density at radius 2 is 2.00 bits per heavy atom. The number of nitrogens with zero attached hydrogens (tertiary/aromatic N) is 7. The molecule has 1 N–H and O–H groups in total. The number of hydrogen-bond donors (Lipinski definition) is 1. The van der Waals surface area contributed by atoms with Crippen LogP contribution >= 0.6 is 0 Å². The first-order valence-corrected chi connectivity index (χ1v) is 13.5. The molecule has 10 heteroatoms. The highest BCUT2D eigenvalue weighted by molar-refractivity contribution is 5.66. The Morgan fingerprint density at radius 1 is 1.16 bits per heavy atom. The van der Waals surface area contributed by atoms with Gasteiger partial charge in [0.05, 0.1) is 30.8 Å². The molecule has 0 aliphatic carbocycles. The summed E-state index contributed by atoms with van der Waals surface area (Å²) in [5.74, 6) is 0.818. The molecule has 0 radical (unpaired) electrons. The Labute approximate surface area is 224 Å². The third-order valence-electron chi connectivity index (χ3n) is 8.37. The molecule has 2 aromatic rings. The lowest BCUT2D eigenvalue weighted by atomic mass is 10.0. The minimum Gasteiger partial charge on any atom is -0.465 e. The molecule has 4 heterocycles. The van der Waals surface area contributed by atoms with Gasteiger partial charge in [-0.25, -0.2) is 4.79 Å². The second-order valence-electron chi connectivity index (χ2n) is 10.7. The standard InChI is InChI=1S/C28H37N7O3/c1-19-6-4-8-25(20(19)2)33-13-10-23-24(17-33)30-27(38-18-22-7-5-12-32(22)3)31-26(23)34-14-15-35(28(36)37)21(16-34)9-11-29/h4,6,8,21-22H,5,7,9-10,12-18H2,1-3H3,(H,36,37). The topological polar surface area (TPSA) is 109 Å². The molecule has 2 saturated heterocycles. The number of carboxylic acid groups (broad SMARTS) is 1. The van der Waals surface area contributed by atoms with Gasteiger partial charge in [0, 0.05) is 43.5 Å². The number of ether oxygens (including phenoxy) is 1. The van der Waals surface area contributed by atoms with Gasteiger partial charge in [-0.15, -0.1) is 0 Å². The number of aryl methyl sites for hydroxylation is 1. The van der Waals surface area contributed by atoms with Crippen LogP contribution in [0.5, 0.6) is 6.01 Å². The maximum Gasteiger partial charge on any atom is 0.407 e. The molecule has 1 aromatic heterocycles. The van der Waals surface area contributed by atoms with E-state index < -0.39 is 12.1 Å². The lowest BCUT2D eigenvalue weighted by Gasteiger charge is -2.41. The van der Waals surface area contributed by atoms with Gasteiger partial charge in [0.15, 0.2) is 0 Å². The predicted molar refractivity (Wildman–Crippen MR) is 145 cm³/mol. The summed E-state index contributed by atoms with van der Waals surface area (Å²) in [4.78, 5) is 29.8. The van der Waals surface area contributed by atoms with Crippen LogP contribution in [0.25, 0.3) is 0 Å². The molecule has 3 aliphatic heterocycles. The van der Waals surface area contributed by atoms with Crippen molar-refractivity contribution in [2.24, 2.45) is 0 Å². The van der Waals surface area contributed by atoms with Crippen LogP contribution in [-0.2, 0) is 13.0 Å². The Balaban J connectivity index is 1.46. The van der Waals surface area contributed by atoms with Crippen molar-refractivity contribution in [3.05, 3.63) is 40.6 Å². The summed E-state index contributed by atoms with van der Waals surface area (Å²) >= 11 is 0. The molecule has 3 aliphatic rings. The van der Waals surface area contributed by atoms with E-state index in [9.17, 15) is 15.2 Å². The van der Waals surface area contributed by atoms with Gasteiger partial charge < -0.3 is 29.4 Å². The van der Waals surface area contributed by atoms with Crippen LogP contribution in [0.3, 0.4) is 0 Å². The van der Waals surface area contributed by atoms with Crippen molar-refractivity contribution >= 4 is 17.6 Å². The predicted octanol–water partition coefficient (Wildman–Crippen LogP) is 3.21. The number of carbonyl (C=O) groups is 1. The first-order chi connectivity index (χ1) is 18.4. The number of likely N-dealkylation sites (N-methyl/N-ethyl adjacent to an activating group) is 1. The molecule has 0 saturated carbocycles. The molecule has 202 valence electrons. The van der Waals surface area contributed by atoms with Gasteiger partial charge in [-0.3, -0.25) is 0 Å². The molecule has 10 nitrogen and oxygen atoms in total. The summed E-state index contributed by atoms with van der Waals surface area (Å²) in [6.07, 6.45) is 2.21. The fourth-order valence-corrected chi connectivity index (χ4v) is 5.94. The first kappa shape index (κ1) is 26.0. The van der Waals surface area contributed by atoms with E-state index in [-0.39, 0.29) is 6.42 Å². The summed E-state index contributed by atoms with van der Waals surface area (Å²) in [5, 5.41) is 19.0. The average Bonchev–Trinajstić information content (AvgIpc) is 3.32. The van der Waals surface area contributed by atoms with Gasteiger partial charge in [0.1, 0.15) is 12.4 Å². The maximum absolute atomic E-state index is 11.8. The largest absolute Gasteiger partial charge is 0.465 e. The number of rotatable bonds is 6. The third kappa shape index (κ3) is 5.20. The van der Waals surface area contributed by atoms with Gasteiger partial charge in [-0.1, -0.05) is 12.1 Å². The number of fused-ring (bicyclic) bond motifs is 1. The quantitative estimate of drug-likeness (QED) is 0.615. The van der Waals surface area contributed by atoms with Gasteiger partial charge >= 0.3 is 12.1 Å². The number of piperazine rings is 1. The van der Waals surface area contributed by atoms with Crippen LogP contribution in [0, 0.1) is 25.2 Å². The van der Waals surface area contributed by atoms with Crippen LogP contribution in [-0.4, -0.2) is 89.4 Å². The summed E-state index contributed by atoms with van der Waals surface area (Å²) < 4.78 is 6.21. The van der Waals surface area contributed by atoms with Crippen LogP contribution in [0.15, 0.2) is 18.2 Å². The fraction of sp³-hybridized carbons (Fsp3) is 0.571. The zero-order valence-electron chi connectivity index (χ0n) is 22.6. The second kappa shape index (κ2) is 11.0. The van der Waals surface area contributed by atoms with Crippen molar-refractivity contribution in [2.75, 3.05) is 56.2 Å². The van der Waals surface area contributed by atoms with Gasteiger partial charge in [-0.2, -0.15) is 15.2 Å². The minimum atomic E-state index is -0.983. The number of likely N-dealkylation sites (tertiary alicyclic amines) is 1. The number of amides is 1. The molecule has 2 unspecified atom stereocenters. The van der Waals surface area contributed by atoms with Gasteiger partial charge in [-0.05, 0) is 63.9 Å². The molecular formula is C28H37N7O3. The highest BCUT2D eigenvalue weighted by atomic mass is 16.5. The normalized spacial score (nSPS) is 21.8. The van der Waals surface area contributed by atoms with E-state index in [4.69, 9.17) is 14.7 Å². The molecule has 2 atom stereocenters. The number of benzene rings is 1. The van der Waals surface area contributed by atoms with Crippen LogP contribution in [0.2, 0.25) is 0 Å². The Morgan fingerprint density at radius 3 is 2.74 bits per heavy atom. The molecule has 38 heavy (non-hydrogen) atoms. The van der Waals surface area contributed by atoms with Crippen LogP contribution in [0.4, 0.5) is 16.3 Å². The highest BCUT2D eigenvalue weighted by Gasteiger charge is 2.34. The van der Waals surface area contributed by atoms with Crippen molar-refractivity contribution in [1.82, 2.24) is 19.8 Å². The van der Waals surface area contributed by atoms with E-state index in [1.807, 2.05) is 0 Å². The number of nitriles is 1. The van der Waals surface area contributed by atoms with E-state index in [1.165, 1.54) is 28.1 Å². The van der Waals surface area contributed by atoms with Crippen LogP contribution in [0.1, 0.15) is 41.6 Å². The van der Waals surface area contributed by atoms with Crippen molar-refractivity contribution in [1.29, 1.82) is 5.26 Å². The Bertz CT molecular complexity index is 1230. The molecule has 0 bridgehead atoms. The summed E-state index contributed by atoms with van der Waals surface area (Å²) in [5.41, 5.74) is 5.80. The first-order valence-electron chi connectivity index (χ1n) is 13.5. The Kier molecular flexibility index (Phi) is 7.56. The zero-order chi connectivity index (χ0) is 26.8. The molecule has 0 spiro atoms. The zero-order valence-corrected chi connectivity index (χ0v) is 22.6. The average molecular weight is 520 g/mol. The van der Waals surface area contributed by atoms with Gasteiger partial charge in [0.25, 0.3) is 0 Å². The SMILES string of the molecule is Cc1cccc(N2CCc3c(nc(OCC4CCCN4C)nc3N3CCN(C(=O)O)C(CC#N)C3)C2)c1C. The lowest BCUT2D eigenvalue weighted by Crippen LogP contribution is -2.55. The molecule has 5 rings (SSSR count). The molecular weight excluding hydrogens is 482 g/mol. The van der Waals surface area contributed by atoms with Gasteiger partial charge in [0.2, 0.25) is 0 Å². The van der Waals surface area contributed by atoms with Crippen molar-refractivity contribution in [3.8, 4) is 12.1 Å². The number of anilines is 2. The molecule has 1 aromatic carbocycles. The summed E-state index contributed by atoms with van der Waals surface area (Å²) in [7, 11) is 2.12. The van der Waals surface area contributed by atoms with Crippen molar-refractivity contribution < 1.29 is 14.6 Å². The van der Waals surface area contributed by atoms with E-state index in [1.54, 1.807) is 0 Å². The number of hydrogen-bond acceptors (Lipinski definition) is 8. The second-order valence-corrected chi connectivity index (χ2v) is 10.7. The van der Waals surface area contributed by atoms with E-state index >= 15 is 0 Å². The smallest absolute Gasteiger partial charge is 0.407 e. The summed E-state index contributed by atoms with van der Waals surface area (Å²) in [6.45, 7) is 8.69. The Hall–Kier alpha value is -3.58. The highest BCUT2D eigenvalue weighted by Crippen LogP contribution is 2.34. The lowest BCUT2D eigenvalue weighted by molar-refractivity contribution is 0.119. The molecule has 2 fully saturated rings. The van der Waals surface area contributed by atoms with E-state index in [0.717, 1.165) is 43.0 Å². The molecule has 1 amide bonds. The maximum atomic E-state index is 11.8. The van der Waals surface area contributed by atoms with Crippen LogP contribution < -0.4 is 14.5 Å². The minimum absolute atomic E-state index is 0.147. The van der Waals surface area contributed by atoms with E-state index in [0.29, 0.717) is 44.8 Å². The van der Waals surface area contributed by atoms with E-state index in [2.05, 4.69) is 59.9 Å². The fourth-order valence-electron chi connectivity index (χ4n) is 5.94. The number of aromatic nitrogens is 2. The third-order valence-corrected chi connectivity index (χ3v) is 8.37. The van der Waals surface area contributed by atoms with Crippen molar-refractivity contribution in [2.45, 2.75) is 58.2 Å². The van der Waals surface area contributed by atoms with Crippen molar-refractivity contribution in [3.63, 3.8) is 0 Å². The summed E-state index contributed by atoms with van der Waals surface area (Å²) in [6, 6.07) is 8.89. The monoisotopic (exact) mass is 519 g/mol.